The summed E-state index contributed by atoms with van der Waals surface area (Å²) in [6.07, 6.45) is 3.77. The third-order valence-corrected chi connectivity index (χ3v) is 4.30. The molecule has 2 fully saturated rings. The molecule has 98 valence electrons. The average molecular weight is 248 g/mol. The Kier molecular flexibility index (Phi) is 3.62. The Labute approximate surface area is 108 Å². The highest BCUT2D eigenvalue weighted by atomic mass is 19.1. The zero-order chi connectivity index (χ0) is 12.4. The number of hydrogen-bond acceptors (Lipinski definition) is 2. The predicted octanol–water partition coefficient (Wildman–Crippen LogP) is 2.15. The van der Waals surface area contributed by atoms with Crippen LogP contribution in [0.1, 0.15) is 18.4 Å². The van der Waals surface area contributed by atoms with Crippen molar-refractivity contribution in [2.24, 2.45) is 0 Å². The molecule has 1 aromatic carbocycles. The Morgan fingerprint density at radius 1 is 1.11 bits per heavy atom. The van der Waals surface area contributed by atoms with Crippen molar-refractivity contribution >= 4 is 0 Å². The van der Waals surface area contributed by atoms with E-state index in [1.807, 2.05) is 12.1 Å². The van der Waals surface area contributed by atoms with Crippen LogP contribution in [0.25, 0.3) is 0 Å². The SMILES string of the molecule is Fc1ccc(CCN2CCN3CCCC3C2)cc1. The molecule has 1 unspecified atom stereocenters. The number of benzene rings is 1. The van der Waals surface area contributed by atoms with Gasteiger partial charge < -0.3 is 4.90 Å². The summed E-state index contributed by atoms with van der Waals surface area (Å²) < 4.78 is 12.8. The van der Waals surface area contributed by atoms with Crippen molar-refractivity contribution < 1.29 is 4.39 Å². The van der Waals surface area contributed by atoms with Gasteiger partial charge in [0.25, 0.3) is 0 Å². The van der Waals surface area contributed by atoms with Crippen LogP contribution in [0.4, 0.5) is 4.39 Å². The summed E-state index contributed by atoms with van der Waals surface area (Å²) in [6.45, 7) is 6.05. The van der Waals surface area contributed by atoms with E-state index in [-0.39, 0.29) is 5.82 Å². The Balaban J connectivity index is 1.50. The number of hydrogen-bond donors (Lipinski definition) is 0. The number of halogens is 1. The van der Waals surface area contributed by atoms with Gasteiger partial charge in [0.2, 0.25) is 0 Å². The lowest BCUT2D eigenvalue weighted by Crippen LogP contribution is -2.50. The van der Waals surface area contributed by atoms with Gasteiger partial charge >= 0.3 is 0 Å². The fourth-order valence-corrected chi connectivity index (χ4v) is 3.20. The molecule has 0 saturated carbocycles. The zero-order valence-electron chi connectivity index (χ0n) is 10.8. The summed E-state index contributed by atoms with van der Waals surface area (Å²) in [7, 11) is 0. The quantitative estimate of drug-likeness (QED) is 0.808. The first-order chi connectivity index (χ1) is 8.81. The van der Waals surface area contributed by atoms with Crippen molar-refractivity contribution in [2.45, 2.75) is 25.3 Å². The van der Waals surface area contributed by atoms with Crippen molar-refractivity contribution in [3.63, 3.8) is 0 Å². The van der Waals surface area contributed by atoms with Crippen LogP contribution in [0, 0.1) is 5.82 Å². The molecule has 0 spiro atoms. The van der Waals surface area contributed by atoms with Crippen molar-refractivity contribution in [1.82, 2.24) is 9.80 Å². The molecule has 2 aliphatic heterocycles. The fourth-order valence-electron chi connectivity index (χ4n) is 3.20. The fraction of sp³-hybridized carbons (Fsp3) is 0.600. The summed E-state index contributed by atoms with van der Waals surface area (Å²) >= 11 is 0. The van der Waals surface area contributed by atoms with E-state index in [9.17, 15) is 4.39 Å². The van der Waals surface area contributed by atoms with E-state index in [0.717, 1.165) is 19.0 Å². The van der Waals surface area contributed by atoms with E-state index in [2.05, 4.69) is 9.80 Å². The molecular weight excluding hydrogens is 227 g/mol. The summed E-state index contributed by atoms with van der Waals surface area (Å²) in [4.78, 5) is 5.20. The maximum atomic E-state index is 12.8. The van der Waals surface area contributed by atoms with Crippen LogP contribution in [0.5, 0.6) is 0 Å². The topological polar surface area (TPSA) is 6.48 Å². The normalized spacial score (nSPS) is 25.3. The third kappa shape index (κ3) is 2.73. The molecule has 2 heterocycles. The minimum absolute atomic E-state index is 0.140. The van der Waals surface area contributed by atoms with E-state index < -0.39 is 0 Å². The van der Waals surface area contributed by atoms with E-state index in [1.165, 1.54) is 44.6 Å². The van der Waals surface area contributed by atoms with Gasteiger partial charge in [-0.25, -0.2) is 4.39 Å². The monoisotopic (exact) mass is 248 g/mol. The van der Waals surface area contributed by atoms with Crippen LogP contribution >= 0.6 is 0 Å². The highest BCUT2D eigenvalue weighted by Crippen LogP contribution is 2.21. The summed E-state index contributed by atoms with van der Waals surface area (Å²) in [5, 5.41) is 0. The largest absolute Gasteiger partial charge is 0.300 e. The van der Waals surface area contributed by atoms with Crippen LogP contribution < -0.4 is 0 Å². The maximum absolute atomic E-state index is 12.8. The van der Waals surface area contributed by atoms with Crippen molar-refractivity contribution in [3.05, 3.63) is 35.6 Å². The van der Waals surface area contributed by atoms with Gasteiger partial charge in [0, 0.05) is 32.2 Å². The van der Waals surface area contributed by atoms with Gasteiger partial charge in [0.15, 0.2) is 0 Å². The minimum atomic E-state index is -0.140. The van der Waals surface area contributed by atoms with Crippen LogP contribution in [-0.4, -0.2) is 48.6 Å². The Hall–Kier alpha value is -0.930. The molecule has 18 heavy (non-hydrogen) atoms. The lowest BCUT2D eigenvalue weighted by Gasteiger charge is -2.37. The van der Waals surface area contributed by atoms with Crippen molar-refractivity contribution in [1.29, 1.82) is 0 Å². The highest BCUT2D eigenvalue weighted by Gasteiger charge is 2.29. The van der Waals surface area contributed by atoms with Crippen LogP contribution in [0.2, 0.25) is 0 Å². The lowest BCUT2D eigenvalue weighted by molar-refractivity contribution is 0.105. The van der Waals surface area contributed by atoms with E-state index in [1.54, 1.807) is 12.1 Å². The van der Waals surface area contributed by atoms with Crippen LogP contribution in [-0.2, 0) is 6.42 Å². The third-order valence-electron chi connectivity index (χ3n) is 4.30. The van der Waals surface area contributed by atoms with Gasteiger partial charge in [0.1, 0.15) is 5.82 Å². The van der Waals surface area contributed by atoms with Gasteiger partial charge in [-0.2, -0.15) is 0 Å². The molecule has 2 aliphatic rings. The molecule has 0 bridgehead atoms. The molecule has 0 radical (unpaired) electrons. The summed E-state index contributed by atoms with van der Waals surface area (Å²) in [6, 6.07) is 7.73. The standard InChI is InChI=1S/C15H21FN2/c16-14-5-3-13(4-6-14)7-9-17-10-11-18-8-1-2-15(18)12-17/h3-6,15H,1-2,7-12H2. The van der Waals surface area contributed by atoms with Gasteiger partial charge in [-0.1, -0.05) is 12.1 Å². The first-order valence-corrected chi connectivity index (χ1v) is 7.02. The second-order valence-corrected chi connectivity index (χ2v) is 5.51. The molecule has 0 aromatic heterocycles. The molecule has 0 N–H and O–H groups in total. The predicted molar refractivity (Wildman–Crippen MR) is 71.1 cm³/mol. The van der Waals surface area contributed by atoms with E-state index in [4.69, 9.17) is 0 Å². The molecule has 2 nitrogen and oxygen atoms in total. The molecular formula is C15H21FN2. The number of rotatable bonds is 3. The maximum Gasteiger partial charge on any atom is 0.123 e. The van der Waals surface area contributed by atoms with Crippen molar-refractivity contribution in [2.75, 3.05) is 32.7 Å². The lowest BCUT2D eigenvalue weighted by atomic mass is 10.1. The second kappa shape index (κ2) is 5.37. The number of piperazine rings is 1. The molecule has 3 rings (SSSR count). The minimum Gasteiger partial charge on any atom is -0.300 e. The molecule has 1 atom stereocenters. The second-order valence-electron chi connectivity index (χ2n) is 5.51. The Bertz CT molecular complexity index is 390. The summed E-state index contributed by atoms with van der Waals surface area (Å²) in [5.74, 6) is -0.140. The smallest absolute Gasteiger partial charge is 0.123 e. The summed E-state index contributed by atoms with van der Waals surface area (Å²) in [5.41, 5.74) is 1.24. The highest BCUT2D eigenvalue weighted by molar-refractivity contribution is 5.16. The average Bonchev–Trinajstić information content (AvgIpc) is 2.85. The van der Waals surface area contributed by atoms with Crippen LogP contribution in [0.3, 0.4) is 0 Å². The first-order valence-electron chi connectivity index (χ1n) is 7.02. The van der Waals surface area contributed by atoms with E-state index >= 15 is 0 Å². The van der Waals surface area contributed by atoms with Gasteiger partial charge in [-0.05, 0) is 43.5 Å². The Morgan fingerprint density at radius 3 is 2.78 bits per heavy atom. The van der Waals surface area contributed by atoms with E-state index in [0.29, 0.717) is 0 Å². The molecule has 0 amide bonds. The van der Waals surface area contributed by atoms with Gasteiger partial charge in [0.05, 0.1) is 0 Å². The van der Waals surface area contributed by atoms with Crippen molar-refractivity contribution in [3.8, 4) is 0 Å². The van der Waals surface area contributed by atoms with Gasteiger partial charge in [-0.3, -0.25) is 4.90 Å². The molecule has 0 aliphatic carbocycles. The zero-order valence-corrected chi connectivity index (χ0v) is 10.8. The molecule has 1 aromatic rings. The first kappa shape index (κ1) is 12.1. The number of nitrogens with zero attached hydrogens (tertiary/aromatic N) is 2. The van der Waals surface area contributed by atoms with Gasteiger partial charge in [-0.15, -0.1) is 0 Å². The van der Waals surface area contributed by atoms with Crippen LogP contribution in [0.15, 0.2) is 24.3 Å². The molecule has 2 saturated heterocycles. The Morgan fingerprint density at radius 2 is 1.94 bits per heavy atom. The number of fused-ring (bicyclic) bond motifs is 1. The molecule has 3 heteroatoms.